The van der Waals surface area contributed by atoms with E-state index in [2.05, 4.69) is 17.6 Å². The number of piperazine rings is 1. The lowest BCUT2D eigenvalue weighted by molar-refractivity contribution is 0.698. The van der Waals surface area contributed by atoms with Crippen molar-refractivity contribution in [3.63, 3.8) is 0 Å². The summed E-state index contributed by atoms with van der Waals surface area (Å²) in [5.74, 6) is 0. The summed E-state index contributed by atoms with van der Waals surface area (Å²) in [6.07, 6.45) is 0.992. The van der Waals surface area contributed by atoms with Crippen LogP contribution in [0.1, 0.15) is 13.3 Å². The van der Waals surface area contributed by atoms with Gasteiger partial charge in [0.05, 0.1) is 22.6 Å². The Kier molecular flexibility index (Phi) is 2.56. The molecule has 0 aromatic heterocycles. The summed E-state index contributed by atoms with van der Waals surface area (Å²) < 4.78 is 0. The molecule has 0 aromatic rings. The zero-order valence-electron chi connectivity index (χ0n) is 5.81. The fraction of sp³-hybridized carbons (Fsp3) is 0.667. The van der Waals surface area contributed by atoms with Gasteiger partial charge in [-0.1, -0.05) is 31.4 Å². The number of hydrogen-bond donors (Lipinski definition) is 2. The first-order valence-corrected chi connectivity index (χ1v) is 4.12. The molecule has 0 amide bonds. The summed E-state index contributed by atoms with van der Waals surface area (Å²) in [5, 5.41) is 6.20. The lowest BCUT2D eigenvalue weighted by atomic mass is 10.2. The van der Waals surface area contributed by atoms with Gasteiger partial charge in [-0.3, -0.25) is 0 Å². The van der Waals surface area contributed by atoms with Crippen LogP contribution in [0.2, 0.25) is 0 Å². The fourth-order valence-corrected chi connectivity index (χ4v) is 1.40. The predicted octanol–water partition coefficient (Wildman–Crippen LogP) is 0.613. The van der Waals surface area contributed by atoms with Gasteiger partial charge in [-0.05, 0) is 6.42 Å². The van der Waals surface area contributed by atoms with Crippen LogP contribution in [-0.4, -0.2) is 22.6 Å². The predicted molar refractivity (Wildman–Crippen MR) is 50.4 cm³/mol. The van der Waals surface area contributed by atoms with Gasteiger partial charge in [-0.2, -0.15) is 0 Å². The molecule has 1 fully saturated rings. The highest BCUT2D eigenvalue weighted by molar-refractivity contribution is 7.81. The van der Waals surface area contributed by atoms with Crippen molar-refractivity contribution in [1.29, 1.82) is 0 Å². The number of rotatable bonds is 1. The molecule has 0 bridgehead atoms. The van der Waals surface area contributed by atoms with Crippen molar-refractivity contribution in [2.75, 3.05) is 6.54 Å². The molecule has 0 aromatic carbocycles. The van der Waals surface area contributed by atoms with Crippen molar-refractivity contribution in [1.82, 2.24) is 10.6 Å². The van der Waals surface area contributed by atoms with Crippen LogP contribution in [0, 0.1) is 0 Å². The first-order valence-electron chi connectivity index (χ1n) is 3.31. The maximum atomic E-state index is 5.05. The molecule has 0 radical (unpaired) electrons. The van der Waals surface area contributed by atoms with E-state index in [0.29, 0.717) is 6.54 Å². The third-order valence-corrected chi connectivity index (χ3v) is 2.17. The molecule has 0 unspecified atom stereocenters. The molecule has 0 aliphatic carbocycles. The van der Waals surface area contributed by atoms with Crippen LogP contribution in [-0.2, 0) is 0 Å². The van der Waals surface area contributed by atoms with Gasteiger partial charge in [0, 0.05) is 0 Å². The maximum absolute atomic E-state index is 5.05. The van der Waals surface area contributed by atoms with Crippen molar-refractivity contribution >= 4 is 34.4 Å². The van der Waals surface area contributed by atoms with E-state index in [1.807, 2.05) is 0 Å². The van der Waals surface area contributed by atoms with Gasteiger partial charge in [-0.15, -0.1) is 0 Å². The molecule has 2 nitrogen and oxygen atoms in total. The molecular formula is C6H10N2S2. The Balaban J connectivity index is 2.53. The first-order chi connectivity index (χ1) is 4.74. The van der Waals surface area contributed by atoms with Crippen molar-refractivity contribution in [3.05, 3.63) is 0 Å². The van der Waals surface area contributed by atoms with Crippen LogP contribution in [0.5, 0.6) is 0 Å². The molecule has 2 N–H and O–H groups in total. The van der Waals surface area contributed by atoms with Crippen LogP contribution < -0.4 is 10.6 Å². The third-order valence-electron chi connectivity index (χ3n) is 1.48. The maximum Gasteiger partial charge on any atom is 0.0983 e. The Morgan fingerprint density at radius 1 is 1.60 bits per heavy atom. The first kappa shape index (κ1) is 7.88. The van der Waals surface area contributed by atoms with E-state index in [-0.39, 0.29) is 6.04 Å². The minimum atomic E-state index is 0.260. The molecule has 1 saturated heterocycles. The van der Waals surface area contributed by atoms with Crippen molar-refractivity contribution < 1.29 is 0 Å². The van der Waals surface area contributed by atoms with Gasteiger partial charge in [0.25, 0.3) is 0 Å². The zero-order chi connectivity index (χ0) is 7.56. The second kappa shape index (κ2) is 3.25. The topological polar surface area (TPSA) is 24.1 Å². The summed E-state index contributed by atoms with van der Waals surface area (Å²) in [6.45, 7) is 2.78. The minimum absolute atomic E-state index is 0.260. The average molecular weight is 174 g/mol. The largest absolute Gasteiger partial charge is 0.371 e. The summed E-state index contributed by atoms with van der Waals surface area (Å²) in [4.78, 5) is 1.75. The molecular weight excluding hydrogens is 164 g/mol. The second-order valence-corrected chi connectivity index (χ2v) is 3.18. The molecule has 10 heavy (non-hydrogen) atoms. The van der Waals surface area contributed by atoms with Crippen molar-refractivity contribution in [2.24, 2.45) is 0 Å². The van der Waals surface area contributed by atoms with E-state index < -0.39 is 0 Å². The molecule has 1 atom stereocenters. The highest BCUT2D eigenvalue weighted by Crippen LogP contribution is 1.97. The molecule has 0 saturated carbocycles. The Hall–Kier alpha value is -0.220. The average Bonchev–Trinajstić information content (AvgIpc) is 1.94. The number of hydrogen-bond acceptors (Lipinski definition) is 2. The standard InChI is InChI=1S/C6H10N2S2/c1-2-4-6(10)7-3-5(9)8-4/h4H,2-3H2,1H3,(H,7,10)(H,8,9)/t4-/m1/s1. The Morgan fingerprint density at radius 2 is 2.30 bits per heavy atom. The normalized spacial score (nSPS) is 25.5. The van der Waals surface area contributed by atoms with E-state index >= 15 is 0 Å². The molecule has 1 aliphatic heterocycles. The van der Waals surface area contributed by atoms with Crippen LogP contribution in [0.15, 0.2) is 0 Å². The van der Waals surface area contributed by atoms with Gasteiger partial charge < -0.3 is 10.6 Å². The van der Waals surface area contributed by atoms with E-state index in [9.17, 15) is 0 Å². The van der Waals surface area contributed by atoms with E-state index in [1.165, 1.54) is 0 Å². The SMILES string of the molecule is CC[C@H]1NC(=S)CNC1=S. The quantitative estimate of drug-likeness (QED) is 0.569. The second-order valence-electron chi connectivity index (χ2n) is 2.25. The smallest absolute Gasteiger partial charge is 0.0983 e. The molecule has 0 spiro atoms. The van der Waals surface area contributed by atoms with Crippen LogP contribution in [0.3, 0.4) is 0 Å². The van der Waals surface area contributed by atoms with Crippen LogP contribution >= 0.6 is 24.4 Å². The monoisotopic (exact) mass is 174 g/mol. The lowest BCUT2D eigenvalue weighted by Gasteiger charge is -2.26. The summed E-state index contributed by atoms with van der Waals surface area (Å²) in [7, 11) is 0. The molecule has 4 heteroatoms. The molecule has 1 heterocycles. The number of thiocarbonyl (C=S) groups is 2. The lowest BCUT2D eigenvalue weighted by Crippen LogP contribution is -2.54. The minimum Gasteiger partial charge on any atom is -0.371 e. The van der Waals surface area contributed by atoms with E-state index in [0.717, 1.165) is 16.4 Å². The zero-order valence-corrected chi connectivity index (χ0v) is 7.44. The van der Waals surface area contributed by atoms with Crippen LogP contribution in [0.4, 0.5) is 0 Å². The molecule has 1 aliphatic rings. The Morgan fingerprint density at radius 3 is 2.80 bits per heavy atom. The van der Waals surface area contributed by atoms with Gasteiger partial charge in [0.1, 0.15) is 0 Å². The Labute approximate surface area is 71.4 Å². The van der Waals surface area contributed by atoms with E-state index in [4.69, 9.17) is 24.4 Å². The molecule has 1 rings (SSSR count). The van der Waals surface area contributed by atoms with E-state index in [1.54, 1.807) is 0 Å². The highest BCUT2D eigenvalue weighted by Gasteiger charge is 2.17. The highest BCUT2D eigenvalue weighted by atomic mass is 32.1. The van der Waals surface area contributed by atoms with Crippen LogP contribution in [0.25, 0.3) is 0 Å². The van der Waals surface area contributed by atoms with Gasteiger partial charge in [0.2, 0.25) is 0 Å². The summed E-state index contributed by atoms with van der Waals surface area (Å²) >= 11 is 10.0. The summed E-state index contributed by atoms with van der Waals surface area (Å²) in [6, 6.07) is 0.260. The molecule has 56 valence electrons. The number of nitrogens with one attached hydrogen (secondary N) is 2. The Bertz CT molecular complexity index is 167. The van der Waals surface area contributed by atoms with Gasteiger partial charge in [0.15, 0.2) is 0 Å². The van der Waals surface area contributed by atoms with Gasteiger partial charge >= 0.3 is 0 Å². The van der Waals surface area contributed by atoms with Gasteiger partial charge in [-0.25, -0.2) is 0 Å². The fourth-order valence-electron chi connectivity index (χ4n) is 0.889. The van der Waals surface area contributed by atoms with Crippen molar-refractivity contribution in [3.8, 4) is 0 Å². The van der Waals surface area contributed by atoms with Crippen molar-refractivity contribution in [2.45, 2.75) is 19.4 Å². The third kappa shape index (κ3) is 1.64. The summed E-state index contributed by atoms with van der Waals surface area (Å²) in [5.41, 5.74) is 0.